The highest BCUT2D eigenvalue weighted by atomic mass is 15.0. The fraction of sp³-hybridized carbons (Fsp3) is 0.0484. The Morgan fingerprint density at radius 3 is 1.21 bits per heavy atom. The van der Waals surface area contributed by atoms with Crippen molar-refractivity contribution in [3.63, 3.8) is 0 Å². The van der Waals surface area contributed by atoms with Crippen LogP contribution in [-0.4, -0.2) is 18.7 Å². The predicted molar refractivity (Wildman–Crippen MR) is 276 cm³/mol. The van der Waals surface area contributed by atoms with E-state index in [1.165, 1.54) is 110 Å². The monoisotopic (exact) mass is 842 g/mol. The van der Waals surface area contributed by atoms with Crippen LogP contribution < -0.4 is 0 Å². The minimum absolute atomic E-state index is 0.0942. The molecule has 1 aliphatic rings. The van der Waals surface area contributed by atoms with E-state index < -0.39 is 0 Å². The molecule has 0 fully saturated rings. The zero-order valence-electron chi connectivity index (χ0n) is 36.6. The highest BCUT2D eigenvalue weighted by molar-refractivity contribution is 6.14. The molecule has 0 bridgehead atoms. The summed E-state index contributed by atoms with van der Waals surface area (Å²) >= 11 is 0. The van der Waals surface area contributed by atoms with Gasteiger partial charge in [-0.3, -0.25) is 4.98 Å². The molecule has 0 N–H and O–H groups in total. The van der Waals surface area contributed by atoms with Crippen molar-refractivity contribution in [1.82, 2.24) is 18.7 Å². The third kappa shape index (κ3) is 5.24. The van der Waals surface area contributed by atoms with Crippen LogP contribution in [0.15, 0.2) is 219 Å². The Balaban J connectivity index is 0.929. The van der Waals surface area contributed by atoms with Crippen molar-refractivity contribution in [1.29, 1.82) is 0 Å². The van der Waals surface area contributed by atoms with E-state index in [0.717, 1.165) is 17.1 Å². The van der Waals surface area contributed by atoms with Crippen LogP contribution in [0.2, 0.25) is 0 Å². The molecule has 4 nitrogen and oxygen atoms in total. The van der Waals surface area contributed by atoms with Crippen LogP contribution in [0.3, 0.4) is 0 Å². The maximum absolute atomic E-state index is 4.89. The first-order valence-corrected chi connectivity index (χ1v) is 22.9. The zero-order chi connectivity index (χ0) is 43.7. The van der Waals surface area contributed by atoms with E-state index >= 15 is 0 Å². The van der Waals surface area contributed by atoms with E-state index in [2.05, 4.69) is 240 Å². The first kappa shape index (κ1) is 37.0. The summed E-state index contributed by atoms with van der Waals surface area (Å²) < 4.78 is 7.22. The second-order valence-corrected chi connectivity index (χ2v) is 18.4. The summed E-state index contributed by atoms with van der Waals surface area (Å²) in [6, 6.07) is 78.2. The van der Waals surface area contributed by atoms with E-state index in [1.807, 2.05) is 6.20 Å². The van der Waals surface area contributed by atoms with Gasteiger partial charge in [-0.25, -0.2) is 0 Å². The average Bonchev–Trinajstić information content (AvgIpc) is 4.07. The van der Waals surface area contributed by atoms with Crippen molar-refractivity contribution >= 4 is 65.4 Å². The van der Waals surface area contributed by atoms with Gasteiger partial charge >= 0.3 is 0 Å². The van der Waals surface area contributed by atoms with Gasteiger partial charge in [-0.2, -0.15) is 0 Å². The Hall–Kier alpha value is -8.47. The summed E-state index contributed by atoms with van der Waals surface area (Å²) in [5.74, 6) is 0. The summed E-state index contributed by atoms with van der Waals surface area (Å²) in [7, 11) is 0. The smallest absolute Gasteiger partial charge is 0.0746 e. The normalized spacial score (nSPS) is 13.1. The molecule has 310 valence electrons. The van der Waals surface area contributed by atoms with E-state index in [4.69, 9.17) is 4.98 Å². The van der Waals surface area contributed by atoms with Gasteiger partial charge in [0.15, 0.2) is 0 Å². The highest BCUT2D eigenvalue weighted by Crippen LogP contribution is 2.49. The molecular weight excluding hydrogens is 801 g/mol. The van der Waals surface area contributed by atoms with Crippen molar-refractivity contribution in [2.24, 2.45) is 0 Å². The Labute approximate surface area is 381 Å². The van der Waals surface area contributed by atoms with Crippen LogP contribution in [0.25, 0.3) is 116 Å². The van der Waals surface area contributed by atoms with Crippen molar-refractivity contribution in [3.8, 4) is 50.6 Å². The minimum atomic E-state index is -0.0942. The molecule has 9 aromatic carbocycles. The molecule has 4 heteroatoms. The minimum Gasteiger partial charge on any atom is -0.309 e. The third-order valence-electron chi connectivity index (χ3n) is 14.5. The van der Waals surface area contributed by atoms with Crippen LogP contribution in [0.1, 0.15) is 25.0 Å². The van der Waals surface area contributed by atoms with Gasteiger partial charge in [0, 0.05) is 66.6 Å². The number of benzene rings is 9. The lowest BCUT2D eigenvalue weighted by molar-refractivity contribution is 0.659. The molecule has 0 radical (unpaired) electrons. The molecule has 13 aromatic rings. The molecular formula is C62H42N4. The fourth-order valence-electron chi connectivity index (χ4n) is 11.4. The Morgan fingerprint density at radius 2 is 0.727 bits per heavy atom. The molecule has 0 saturated carbocycles. The van der Waals surface area contributed by atoms with Crippen molar-refractivity contribution in [3.05, 3.63) is 230 Å². The quantitative estimate of drug-likeness (QED) is 0.170. The molecule has 0 amide bonds. The number of hydrogen-bond acceptors (Lipinski definition) is 1. The van der Waals surface area contributed by atoms with E-state index in [-0.39, 0.29) is 5.41 Å². The summed E-state index contributed by atoms with van der Waals surface area (Å²) in [6.07, 6.45) is 1.92. The molecule has 0 aliphatic heterocycles. The fourth-order valence-corrected chi connectivity index (χ4v) is 11.4. The zero-order valence-corrected chi connectivity index (χ0v) is 36.6. The first-order valence-electron chi connectivity index (χ1n) is 22.9. The Kier molecular flexibility index (Phi) is 7.71. The largest absolute Gasteiger partial charge is 0.309 e. The van der Waals surface area contributed by atoms with Crippen LogP contribution in [-0.2, 0) is 5.41 Å². The molecule has 66 heavy (non-hydrogen) atoms. The molecule has 0 saturated heterocycles. The van der Waals surface area contributed by atoms with E-state index in [1.54, 1.807) is 0 Å². The summed E-state index contributed by atoms with van der Waals surface area (Å²) in [4.78, 5) is 4.89. The maximum atomic E-state index is 4.89. The highest BCUT2D eigenvalue weighted by Gasteiger charge is 2.36. The maximum Gasteiger partial charge on any atom is 0.0746 e. The number of aromatic nitrogens is 4. The predicted octanol–water partition coefficient (Wildman–Crippen LogP) is 16.0. The van der Waals surface area contributed by atoms with Gasteiger partial charge in [0.05, 0.1) is 38.8 Å². The topological polar surface area (TPSA) is 27.7 Å². The van der Waals surface area contributed by atoms with Crippen LogP contribution >= 0.6 is 0 Å². The lowest BCUT2D eigenvalue weighted by Crippen LogP contribution is -2.15. The summed E-state index contributed by atoms with van der Waals surface area (Å²) in [5, 5.41) is 7.44. The molecule has 0 unspecified atom stereocenters. The van der Waals surface area contributed by atoms with Crippen LogP contribution in [0.5, 0.6) is 0 Å². The van der Waals surface area contributed by atoms with Crippen LogP contribution in [0, 0.1) is 0 Å². The van der Waals surface area contributed by atoms with E-state index in [0.29, 0.717) is 0 Å². The number of pyridine rings is 1. The van der Waals surface area contributed by atoms with Gasteiger partial charge in [0.25, 0.3) is 0 Å². The molecule has 4 aromatic heterocycles. The number of para-hydroxylation sites is 4. The number of hydrogen-bond donors (Lipinski definition) is 0. The number of nitrogens with zero attached hydrogens (tertiary/aromatic N) is 4. The number of rotatable bonds is 5. The average molecular weight is 843 g/mol. The summed E-state index contributed by atoms with van der Waals surface area (Å²) in [6.45, 7) is 4.62. The molecule has 1 aliphatic carbocycles. The van der Waals surface area contributed by atoms with Gasteiger partial charge in [0.1, 0.15) is 0 Å². The molecule has 0 spiro atoms. The molecule has 0 atom stereocenters. The second-order valence-electron chi connectivity index (χ2n) is 18.4. The first-order chi connectivity index (χ1) is 32.5. The van der Waals surface area contributed by atoms with Gasteiger partial charge in [-0.15, -0.1) is 0 Å². The lowest BCUT2D eigenvalue weighted by Gasteiger charge is -2.21. The Morgan fingerprint density at radius 1 is 0.318 bits per heavy atom. The SMILES string of the molecule is CC1(C)c2ccc(-n3c4ccccc4c4cc(-c5ccc6c(c5)c5cc(-c7ccc8c(c7)c7ccccc7n8-c7ccccc7)ccc5n6-c5ccccc5)ccc43)cc2-c2ncccc21. The Bertz CT molecular complexity index is 4130. The number of fused-ring (bicyclic) bond motifs is 12. The molecule has 4 heterocycles. The van der Waals surface area contributed by atoms with E-state index in [9.17, 15) is 0 Å². The molecule has 14 rings (SSSR count). The van der Waals surface area contributed by atoms with Gasteiger partial charge in [-0.1, -0.05) is 123 Å². The van der Waals surface area contributed by atoms with Crippen molar-refractivity contribution in [2.45, 2.75) is 19.3 Å². The van der Waals surface area contributed by atoms with Gasteiger partial charge in [0.2, 0.25) is 0 Å². The van der Waals surface area contributed by atoms with Crippen LogP contribution in [0.4, 0.5) is 0 Å². The standard InChI is InChI=1S/C62H42N4/c1-62(2)53-28-27-45(38-52(53)61-54(62)20-13-33-63-61)66-56-22-12-10-19-47(56)49-35-40(24-30-58(49)66)42-26-32-60-51(37-42)50-36-41(25-31-59(50)65(60)44-16-7-4-8-17-44)39-23-29-57-48(34-39)46-18-9-11-21-55(46)64(57)43-14-5-3-6-15-43/h3-38H,1-2H3. The van der Waals surface area contributed by atoms with Crippen molar-refractivity contribution < 1.29 is 0 Å². The van der Waals surface area contributed by atoms with Crippen molar-refractivity contribution in [2.75, 3.05) is 0 Å². The second kappa shape index (κ2) is 13.8. The lowest BCUT2D eigenvalue weighted by atomic mass is 9.83. The third-order valence-corrected chi connectivity index (χ3v) is 14.5. The summed E-state index contributed by atoms with van der Waals surface area (Å²) in [5.41, 5.74) is 20.2. The van der Waals surface area contributed by atoms with Gasteiger partial charge < -0.3 is 13.7 Å². The van der Waals surface area contributed by atoms with Gasteiger partial charge in [-0.05, 0) is 137 Å².